The molecule has 3 aromatic rings. The molecule has 0 radical (unpaired) electrons. The Morgan fingerprint density at radius 2 is 2.03 bits per heavy atom. The van der Waals surface area contributed by atoms with Crippen LogP contribution >= 0.6 is 0 Å². The number of hydrogen-bond acceptors (Lipinski definition) is 4. The number of aryl methyl sites for hydroxylation is 1. The number of rotatable bonds is 7. The monoisotopic (exact) mass is 404 g/mol. The zero-order valence-corrected chi connectivity index (χ0v) is 16.7. The number of H-pyrrole nitrogens is 1. The number of hydrogen-bond donors (Lipinski definition) is 2. The summed E-state index contributed by atoms with van der Waals surface area (Å²) in [6.45, 7) is 4.35. The molecule has 0 aliphatic heterocycles. The lowest BCUT2D eigenvalue weighted by Gasteiger charge is -2.19. The summed E-state index contributed by atoms with van der Waals surface area (Å²) in [5.41, 5.74) is 9.90. The maximum absolute atomic E-state index is 12.3. The molecule has 7 nitrogen and oxygen atoms in total. The number of imidazole rings is 1. The highest BCUT2D eigenvalue weighted by atomic mass is 16.5. The molecule has 0 saturated heterocycles. The number of carbonyl (C=O) groups excluding carboxylic acids is 2. The fraction of sp³-hybridized carbons (Fsp3) is 0.348. The van der Waals surface area contributed by atoms with Crippen molar-refractivity contribution >= 4 is 17.3 Å². The second-order valence-corrected chi connectivity index (χ2v) is 8.22. The topological polar surface area (TPSA) is 102 Å². The number of fused-ring (bicyclic) bond motifs is 3. The highest BCUT2D eigenvalue weighted by Gasteiger charge is 2.30. The summed E-state index contributed by atoms with van der Waals surface area (Å²) < 4.78 is 7.61. The summed E-state index contributed by atoms with van der Waals surface area (Å²) in [4.78, 5) is 29.1. The molecule has 1 atom stereocenters. The average Bonchev–Trinajstić information content (AvgIpc) is 3.42. The van der Waals surface area contributed by atoms with Crippen LogP contribution in [0.1, 0.15) is 41.0 Å². The van der Waals surface area contributed by atoms with Crippen molar-refractivity contribution in [2.24, 2.45) is 17.6 Å². The number of primary amides is 1. The van der Waals surface area contributed by atoms with Crippen molar-refractivity contribution in [2.75, 3.05) is 6.61 Å². The largest absolute Gasteiger partial charge is 0.493 e. The van der Waals surface area contributed by atoms with Crippen LogP contribution in [0.3, 0.4) is 0 Å². The lowest BCUT2D eigenvalue weighted by Crippen LogP contribution is -2.22. The number of allylic oxidation sites excluding steroid dienone is 1. The van der Waals surface area contributed by atoms with Crippen LogP contribution in [0.2, 0.25) is 0 Å². The van der Waals surface area contributed by atoms with Gasteiger partial charge in [0.25, 0.3) is 5.91 Å². The molecule has 1 fully saturated rings. The van der Waals surface area contributed by atoms with Crippen LogP contribution in [0.15, 0.2) is 36.9 Å². The third-order valence-electron chi connectivity index (χ3n) is 6.10. The van der Waals surface area contributed by atoms with Crippen molar-refractivity contribution in [1.29, 1.82) is 0 Å². The van der Waals surface area contributed by atoms with Gasteiger partial charge in [-0.2, -0.15) is 0 Å². The number of carbonyl (C=O) groups is 2. The minimum Gasteiger partial charge on any atom is -0.493 e. The van der Waals surface area contributed by atoms with E-state index in [-0.39, 0.29) is 11.7 Å². The average molecular weight is 404 g/mol. The molecule has 1 saturated carbocycles. The molecule has 5 rings (SSSR count). The normalized spacial score (nSPS) is 18.2. The van der Waals surface area contributed by atoms with E-state index in [0.29, 0.717) is 35.7 Å². The minimum absolute atomic E-state index is 0.0410. The van der Waals surface area contributed by atoms with Gasteiger partial charge < -0.3 is 10.5 Å². The Labute approximate surface area is 173 Å². The van der Waals surface area contributed by atoms with Gasteiger partial charge in [0.15, 0.2) is 11.4 Å². The van der Waals surface area contributed by atoms with Crippen molar-refractivity contribution < 1.29 is 14.3 Å². The molecule has 7 heteroatoms. The second kappa shape index (κ2) is 7.16. The number of nitrogens with two attached hydrogens (primary N) is 1. The molecule has 2 aliphatic carbocycles. The first-order valence-corrected chi connectivity index (χ1v) is 10.4. The van der Waals surface area contributed by atoms with E-state index in [1.807, 2.05) is 28.8 Å². The molecule has 2 heterocycles. The lowest BCUT2D eigenvalue weighted by atomic mass is 9.87. The first-order valence-electron chi connectivity index (χ1n) is 10.4. The molecule has 0 bridgehead atoms. The Hall–Kier alpha value is -3.35. The Balaban J connectivity index is 1.51. The van der Waals surface area contributed by atoms with E-state index in [4.69, 9.17) is 10.5 Å². The third kappa shape index (κ3) is 3.20. The van der Waals surface area contributed by atoms with Gasteiger partial charge in [0.2, 0.25) is 0 Å². The van der Waals surface area contributed by atoms with E-state index in [9.17, 15) is 9.59 Å². The van der Waals surface area contributed by atoms with Crippen LogP contribution in [0.4, 0.5) is 0 Å². The molecule has 3 N–H and O–H groups in total. The van der Waals surface area contributed by atoms with E-state index in [0.717, 1.165) is 35.7 Å². The van der Waals surface area contributed by atoms with Crippen molar-refractivity contribution in [3.05, 3.63) is 53.9 Å². The zero-order valence-electron chi connectivity index (χ0n) is 16.7. The van der Waals surface area contributed by atoms with Crippen LogP contribution < -0.4 is 10.5 Å². The molecule has 1 aromatic carbocycles. The summed E-state index contributed by atoms with van der Waals surface area (Å²) in [5, 5.41) is 3.30. The van der Waals surface area contributed by atoms with E-state index in [1.165, 1.54) is 18.9 Å². The predicted molar refractivity (Wildman–Crippen MR) is 112 cm³/mol. The van der Waals surface area contributed by atoms with Crippen LogP contribution in [0.25, 0.3) is 16.9 Å². The summed E-state index contributed by atoms with van der Waals surface area (Å²) in [6.07, 6.45) is 5.86. The molecule has 154 valence electrons. The standard InChI is InChI=1S/C23H24N4O3/c1-2-19(28)15-7-10-17-18(11-15)27-23(25-17)20(22(24)29)21(26-27)14-5-8-16(9-6-14)30-12-13-3-4-13/h2,5-6,8-9,13,15,26H,1,3-4,7,10-12H2,(H2,24,29). The molecular formula is C23H24N4O3. The third-order valence-corrected chi connectivity index (χ3v) is 6.10. The fourth-order valence-corrected chi connectivity index (χ4v) is 4.19. The van der Waals surface area contributed by atoms with Crippen molar-refractivity contribution in [3.63, 3.8) is 0 Å². The highest BCUT2D eigenvalue weighted by Crippen LogP contribution is 2.33. The van der Waals surface area contributed by atoms with Gasteiger partial charge in [-0.15, -0.1) is 0 Å². The maximum Gasteiger partial charge on any atom is 0.254 e. The number of benzene rings is 1. The predicted octanol–water partition coefficient (Wildman–Crippen LogP) is 3.08. The van der Waals surface area contributed by atoms with Gasteiger partial charge in [-0.25, -0.2) is 9.50 Å². The zero-order chi connectivity index (χ0) is 20.8. The van der Waals surface area contributed by atoms with Crippen LogP contribution in [-0.2, 0) is 17.6 Å². The second-order valence-electron chi connectivity index (χ2n) is 8.22. The smallest absolute Gasteiger partial charge is 0.254 e. The number of nitrogens with one attached hydrogen (secondary N) is 1. The summed E-state index contributed by atoms with van der Waals surface area (Å²) >= 11 is 0. The van der Waals surface area contributed by atoms with E-state index < -0.39 is 5.91 Å². The van der Waals surface area contributed by atoms with Crippen LogP contribution in [0.5, 0.6) is 5.75 Å². The van der Waals surface area contributed by atoms with Gasteiger partial charge >= 0.3 is 0 Å². The van der Waals surface area contributed by atoms with E-state index in [2.05, 4.69) is 16.7 Å². The SMILES string of the molecule is C=CC(=O)C1CCc2nc3c(C(N)=O)c(-c4ccc(OCC5CC5)cc4)[nH]n3c2C1. The van der Waals surface area contributed by atoms with E-state index >= 15 is 0 Å². The number of ether oxygens (including phenoxy) is 1. The number of aromatic amines is 1. The van der Waals surface area contributed by atoms with Crippen molar-refractivity contribution in [2.45, 2.75) is 32.1 Å². The van der Waals surface area contributed by atoms with Gasteiger partial charge in [0.1, 0.15) is 11.3 Å². The van der Waals surface area contributed by atoms with Crippen molar-refractivity contribution in [1.82, 2.24) is 14.6 Å². The Morgan fingerprint density at radius 3 is 2.70 bits per heavy atom. The van der Waals surface area contributed by atoms with Gasteiger partial charge in [-0.05, 0) is 61.9 Å². The Morgan fingerprint density at radius 1 is 1.27 bits per heavy atom. The molecular weight excluding hydrogens is 380 g/mol. The molecule has 1 unspecified atom stereocenters. The number of amides is 1. The Kier molecular flexibility index (Phi) is 4.46. The fourth-order valence-electron chi connectivity index (χ4n) is 4.19. The van der Waals surface area contributed by atoms with Gasteiger partial charge in [-0.3, -0.25) is 14.7 Å². The first-order chi connectivity index (χ1) is 14.5. The highest BCUT2D eigenvalue weighted by molar-refractivity contribution is 6.05. The van der Waals surface area contributed by atoms with Gasteiger partial charge in [-0.1, -0.05) is 6.58 Å². The van der Waals surface area contributed by atoms with Crippen molar-refractivity contribution in [3.8, 4) is 17.0 Å². The maximum atomic E-state index is 12.3. The lowest BCUT2D eigenvalue weighted by molar-refractivity contribution is -0.118. The number of nitrogens with zero attached hydrogens (tertiary/aromatic N) is 2. The number of ketones is 1. The molecule has 0 spiro atoms. The summed E-state index contributed by atoms with van der Waals surface area (Å²) in [7, 11) is 0. The quantitative estimate of drug-likeness (QED) is 0.591. The summed E-state index contributed by atoms with van der Waals surface area (Å²) in [5.74, 6) is 0.892. The summed E-state index contributed by atoms with van der Waals surface area (Å²) in [6, 6.07) is 7.63. The minimum atomic E-state index is -0.536. The molecule has 2 aliphatic rings. The number of aromatic nitrogens is 3. The Bertz CT molecular complexity index is 1150. The first kappa shape index (κ1) is 18.7. The molecule has 30 heavy (non-hydrogen) atoms. The van der Waals surface area contributed by atoms with E-state index in [1.54, 1.807) is 0 Å². The molecule has 1 amide bonds. The van der Waals surface area contributed by atoms with Gasteiger partial charge in [0, 0.05) is 17.9 Å². The molecule has 2 aromatic heterocycles. The van der Waals surface area contributed by atoms with Gasteiger partial charge in [0.05, 0.1) is 23.7 Å². The van der Waals surface area contributed by atoms with Crippen LogP contribution in [-0.4, -0.2) is 32.9 Å². The van der Waals surface area contributed by atoms with Crippen LogP contribution in [0, 0.1) is 11.8 Å².